The van der Waals surface area contributed by atoms with E-state index < -0.39 is 5.82 Å². The third kappa shape index (κ3) is 2.21. The van der Waals surface area contributed by atoms with Crippen LogP contribution in [-0.2, 0) is 18.4 Å². The standard InChI is InChI=1S/C15H11ClFN3O2/c1-19-7-10(9-2-3-12(17)11(16)6-9)13-14(19)18-8-20(4-5-21)15(13)22/h2-3,5-8H,4H2,1H3. The van der Waals surface area contributed by atoms with Crippen molar-refractivity contribution in [1.82, 2.24) is 14.1 Å². The number of hydrogen-bond acceptors (Lipinski definition) is 3. The van der Waals surface area contributed by atoms with Crippen molar-refractivity contribution < 1.29 is 9.18 Å². The highest BCUT2D eigenvalue weighted by atomic mass is 35.5. The van der Waals surface area contributed by atoms with Gasteiger partial charge in [0.1, 0.15) is 24.1 Å². The summed E-state index contributed by atoms with van der Waals surface area (Å²) in [6, 6.07) is 4.26. The van der Waals surface area contributed by atoms with Gasteiger partial charge in [-0.05, 0) is 17.7 Å². The molecule has 2 aromatic heterocycles. The molecule has 1 aromatic carbocycles. The van der Waals surface area contributed by atoms with Gasteiger partial charge in [0.05, 0.1) is 17.0 Å². The lowest BCUT2D eigenvalue weighted by atomic mass is 10.1. The number of aryl methyl sites for hydroxylation is 1. The summed E-state index contributed by atoms with van der Waals surface area (Å²) >= 11 is 5.82. The van der Waals surface area contributed by atoms with Gasteiger partial charge in [0.25, 0.3) is 5.56 Å². The maximum Gasteiger partial charge on any atom is 0.263 e. The number of carbonyl (C=O) groups excluding carboxylic acids is 1. The van der Waals surface area contributed by atoms with Gasteiger partial charge < -0.3 is 9.36 Å². The second kappa shape index (κ2) is 5.38. The highest BCUT2D eigenvalue weighted by molar-refractivity contribution is 6.31. The van der Waals surface area contributed by atoms with Gasteiger partial charge in [0.2, 0.25) is 0 Å². The van der Waals surface area contributed by atoms with Gasteiger partial charge in [-0.2, -0.15) is 0 Å². The summed E-state index contributed by atoms with van der Waals surface area (Å²) in [5.74, 6) is -0.526. The minimum atomic E-state index is -0.526. The molecule has 0 aliphatic heterocycles. The Kier molecular flexibility index (Phi) is 3.54. The molecular weight excluding hydrogens is 309 g/mol. The number of hydrogen-bond donors (Lipinski definition) is 0. The number of rotatable bonds is 3. The Labute approximate surface area is 129 Å². The molecule has 0 saturated carbocycles. The minimum absolute atomic E-state index is 0.0217. The van der Waals surface area contributed by atoms with Gasteiger partial charge in [-0.15, -0.1) is 0 Å². The van der Waals surface area contributed by atoms with Crippen molar-refractivity contribution in [2.45, 2.75) is 6.54 Å². The van der Waals surface area contributed by atoms with Crippen LogP contribution in [0.4, 0.5) is 4.39 Å². The molecule has 0 amide bonds. The van der Waals surface area contributed by atoms with Gasteiger partial charge in [-0.1, -0.05) is 17.7 Å². The predicted octanol–water partition coefficient (Wildman–Crippen LogP) is 2.39. The Hall–Kier alpha value is -2.47. The summed E-state index contributed by atoms with van der Waals surface area (Å²) < 4.78 is 16.3. The number of aromatic nitrogens is 3. The van der Waals surface area contributed by atoms with E-state index in [2.05, 4.69) is 4.98 Å². The van der Waals surface area contributed by atoms with E-state index in [9.17, 15) is 14.0 Å². The monoisotopic (exact) mass is 319 g/mol. The maximum atomic E-state index is 13.3. The molecule has 0 bridgehead atoms. The molecule has 0 unspecified atom stereocenters. The largest absolute Gasteiger partial charge is 0.335 e. The summed E-state index contributed by atoms with van der Waals surface area (Å²) in [6.45, 7) is -0.0692. The van der Waals surface area contributed by atoms with Crippen molar-refractivity contribution >= 4 is 28.9 Å². The molecule has 0 spiro atoms. The van der Waals surface area contributed by atoms with E-state index in [-0.39, 0.29) is 17.1 Å². The molecule has 0 atom stereocenters. The van der Waals surface area contributed by atoms with Crippen molar-refractivity contribution in [3.05, 3.63) is 51.9 Å². The lowest BCUT2D eigenvalue weighted by Crippen LogP contribution is -2.21. The second-order valence-corrected chi connectivity index (χ2v) is 5.26. The van der Waals surface area contributed by atoms with Crippen molar-refractivity contribution in [3.8, 4) is 11.1 Å². The average molecular weight is 320 g/mol. The maximum absolute atomic E-state index is 13.3. The minimum Gasteiger partial charge on any atom is -0.335 e. The van der Waals surface area contributed by atoms with Crippen LogP contribution in [0, 0.1) is 5.82 Å². The van der Waals surface area contributed by atoms with E-state index in [0.29, 0.717) is 28.4 Å². The van der Waals surface area contributed by atoms with Crippen molar-refractivity contribution in [2.75, 3.05) is 0 Å². The summed E-state index contributed by atoms with van der Waals surface area (Å²) in [6.07, 6.45) is 3.70. The Morgan fingerprint density at radius 1 is 1.41 bits per heavy atom. The fraction of sp³-hybridized carbons (Fsp3) is 0.133. The van der Waals surface area contributed by atoms with Crippen LogP contribution >= 0.6 is 11.6 Å². The van der Waals surface area contributed by atoms with Crippen LogP contribution < -0.4 is 5.56 Å². The molecule has 0 aliphatic rings. The molecule has 0 N–H and O–H groups in total. The summed E-state index contributed by atoms with van der Waals surface area (Å²) in [7, 11) is 1.76. The van der Waals surface area contributed by atoms with E-state index in [1.807, 2.05) is 0 Å². The Morgan fingerprint density at radius 2 is 2.18 bits per heavy atom. The number of carbonyl (C=O) groups is 1. The molecule has 3 aromatic rings. The van der Waals surface area contributed by atoms with Crippen LogP contribution in [0.2, 0.25) is 5.02 Å². The normalized spacial score (nSPS) is 11.0. The summed E-state index contributed by atoms with van der Waals surface area (Å²) in [5, 5.41) is 0.348. The first-order valence-corrected chi connectivity index (χ1v) is 6.84. The van der Waals surface area contributed by atoms with Crippen molar-refractivity contribution in [3.63, 3.8) is 0 Å². The molecule has 2 heterocycles. The van der Waals surface area contributed by atoms with E-state index >= 15 is 0 Å². The first kappa shape index (κ1) is 14.5. The third-order valence-electron chi connectivity index (χ3n) is 3.45. The SMILES string of the molecule is Cn1cc(-c2ccc(F)c(Cl)c2)c2c(=O)n(CC=O)cnc21. The topological polar surface area (TPSA) is 56.9 Å². The molecule has 5 nitrogen and oxygen atoms in total. The van der Waals surface area contributed by atoms with Gasteiger partial charge >= 0.3 is 0 Å². The third-order valence-corrected chi connectivity index (χ3v) is 3.74. The highest BCUT2D eigenvalue weighted by Crippen LogP contribution is 2.29. The van der Waals surface area contributed by atoms with Gasteiger partial charge in [-0.25, -0.2) is 9.37 Å². The molecule has 3 rings (SSSR count). The van der Waals surface area contributed by atoms with Crippen LogP contribution in [0.3, 0.4) is 0 Å². The summed E-state index contributed by atoms with van der Waals surface area (Å²) in [4.78, 5) is 27.4. The predicted molar refractivity (Wildman–Crippen MR) is 81.4 cm³/mol. The first-order valence-electron chi connectivity index (χ1n) is 6.46. The fourth-order valence-corrected chi connectivity index (χ4v) is 2.58. The number of halogens is 2. The Balaban J connectivity index is 2.33. The van der Waals surface area contributed by atoms with E-state index in [1.165, 1.54) is 23.0 Å². The Morgan fingerprint density at radius 3 is 2.86 bits per heavy atom. The van der Waals surface area contributed by atoms with Crippen LogP contribution in [-0.4, -0.2) is 20.4 Å². The van der Waals surface area contributed by atoms with Crippen LogP contribution in [0.5, 0.6) is 0 Å². The lowest BCUT2D eigenvalue weighted by molar-refractivity contribution is -0.108. The van der Waals surface area contributed by atoms with Gasteiger partial charge in [0.15, 0.2) is 0 Å². The highest BCUT2D eigenvalue weighted by Gasteiger charge is 2.16. The first-order chi connectivity index (χ1) is 10.5. The van der Waals surface area contributed by atoms with Crippen molar-refractivity contribution in [2.24, 2.45) is 7.05 Å². The zero-order valence-corrected chi connectivity index (χ0v) is 12.3. The van der Waals surface area contributed by atoms with Gasteiger partial charge in [-0.3, -0.25) is 9.36 Å². The van der Waals surface area contributed by atoms with Crippen LogP contribution in [0.15, 0.2) is 35.5 Å². The van der Waals surface area contributed by atoms with Gasteiger partial charge in [0, 0.05) is 18.8 Å². The zero-order chi connectivity index (χ0) is 15.9. The number of fused-ring (bicyclic) bond motifs is 1. The molecule has 0 radical (unpaired) electrons. The molecule has 22 heavy (non-hydrogen) atoms. The molecule has 0 aliphatic carbocycles. The molecule has 0 fully saturated rings. The second-order valence-electron chi connectivity index (χ2n) is 4.85. The average Bonchev–Trinajstić information content (AvgIpc) is 2.83. The number of nitrogens with zero attached hydrogens (tertiary/aromatic N) is 3. The number of benzene rings is 1. The molecule has 0 saturated heterocycles. The number of aldehydes is 1. The van der Waals surface area contributed by atoms with E-state index in [0.717, 1.165) is 0 Å². The molecule has 112 valence electrons. The molecule has 7 heteroatoms. The van der Waals surface area contributed by atoms with E-state index in [1.54, 1.807) is 23.9 Å². The fourth-order valence-electron chi connectivity index (χ4n) is 2.40. The van der Waals surface area contributed by atoms with Crippen LogP contribution in [0.25, 0.3) is 22.2 Å². The van der Waals surface area contributed by atoms with Crippen molar-refractivity contribution in [1.29, 1.82) is 0 Å². The van der Waals surface area contributed by atoms with E-state index in [4.69, 9.17) is 11.6 Å². The Bertz CT molecular complexity index is 946. The van der Waals surface area contributed by atoms with Crippen LogP contribution in [0.1, 0.15) is 0 Å². The molecular formula is C15H11ClFN3O2. The summed E-state index contributed by atoms with van der Waals surface area (Å²) in [5.41, 5.74) is 1.37. The quantitative estimate of drug-likeness (QED) is 0.697. The smallest absolute Gasteiger partial charge is 0.263 e. The lowest BCUT2D eigenvalue weighted by Gasteiger charge is -2.03. The zero-order valence-electron chi connectivity index (χ0n) is 11.6.